The Morgan fingerprint density at radius 2 is 1.87 bits per heavy atom. The van der Waals surface area contributed by atoms with Crippen LogP contribution in [0, 0.1) is 6.92 Å². The second-order valence-electron chi connectivity index (χ2n) is 6.59. The van der Waals surface area contributed by atoms with Gasteiger partial charge < -0.3 is 5.73 Å². The number of tetrazole rings is 1. The summed E-state index contributed by atoms with van der Waals surface area (Å²) in [6.07, 6.45) is 1.62. The maximum Gasteiger partial charge on any atom is 0.239 e. The van der Waals surface area contributed by atoms with Crippen molar-refractivity contribution in [2.24, 2.45) is 5.14 Å². The van der Waals surface area contributed by atoms with Gasteiger partial charge in [-0.15, -0.1) is 21.5 Å². The van der Waals surface area contributed by atoms with E-state index in [9.17, 15) is 8.42 Å². The number of nitrogen functional groups attached to an aromatic ring is 1. The van der Waals surface area contributed by atoms with E-state index in [-0.39, 0.29) is 16.3 Å². The zero-order valence-corrected chi connectivity index (χ0v) is 18.3. The molecule has 0 bridgehead atoms. The average Bonchev–Trinajstić information content (AvgIpc) is 3.46. The summed E-state index contributed by atoms with van der Waals surface area (Å²) in [7, 11) is -4.19. The largest absolute Gasteiger partial charge is 0.375 e. The molecule has 5 N–H and O–H groups in total. The lowest BCUT2D eigenvalue weighted by Gasteiger charge is -2.15. The number of primary sulfonamides is 1. The highest BCUT2D eigenvalue weighted by molar-refractivity contribution is 7.89. The predicted octanol–water partition coefficient (Wildman–Crippen LogP) is 2.80. The number of sulfonamides is 1. The molecule has 10 nitrogen and oxygen atoms in total. The van der Waals surface area contributed by atoms with Gasteiger partial charge in [0.2, 0.25) is 15.8 Å². The van der Waals surface area contributed by atoms with E-state index in [1.54, 1.807) is 18.3 Å². The van der Waals surface area contributed by atoms with Crippen molar-refractivity contribution >= 4 is 48.0 Å². The molecule has 5 rings (SSSR count). The number of nitrogens with two attached hydrogens (primary N) is 2. The molecule has 0 radical (unpaired) electrons. The Morgan fingerprint density at radius 1 is 1.06 bits per heavy atom. The zero-order valence-electron chi connectivity index (χ0n) is 15.9. The fourth-order valence-corrected chi connectivity index (χ4v) is 6.06. The SMILES string of the molecule is Cc1ncc(-c2ccc(-c3cccc4sc(N)nc34)c(-c3nn[nH]n3)c2S(N)(=O)=O)s1. The van der Waals surface area contributed by atoms with Crippen LogP contribution in [-0.4, -0.2) is 39.0 Å². The van der Waals surface area contributed by atoms with Crippen molar-refractivity contribution < 1.29 is 8.42 Å². The van der Waals surface area contributed by atoms with E-state index in [0.717, 1.165) is 9.71 Å². The van der Waals surface area contributed by atoms with Gasteiger partial charge in [0.1, 0.15) is 4.90 Å². The van der Waals surface area contributed by atoms with Crippen molar-refractivity contribution in [1.29, 1.82) is 0 Å². The van der Waals surface area contributed by atoms with Crippen LogP contribution in [0.1, 0.15) is 5.01 Å². The molecule has 5 aromatic rings. The minimum absolute atomic E-state index is 0.0994. The number of hydrogen-bond donors (Lipinski definition) is 3. The molecular formula is C18H14N8O2S3. The topological polar surface area (TPSA) is 166 Å². The van der Waals surface area contributed by atoms with Crippen molar-refractivity contribution in [3.05, 3.63) is 41.5 Å². The highest BCUT2D eigenvalue weighted by Gasteiger charge is 2.28. The van der Waals surface area contributed by atoms with Crippen LogP contribution in [0.25, 0.3) is 43.2 Å². The standard InChI is InChI=1S/C18H14N8O2S3/c1-8-21-7-13(29-8)11-6-5-9(10-3-2-4-12-15(10)22-18(19)30-12)14(16(11)31(20,27)28)17-23-25-26-24-17/h2-7H,1H3,(H2,19,22)(H2,20,27,28)(H,23,24,25,26). The Bertz CT molecular complexity index is 1540. The number of benzene rings is 2. The minimum Gasteiger partial charge on any atom is -0.375 e. The first kappa shape index (κ1) is 19.7. The number of H-pyrrole nitrogens is 1. The lowest BCUT2D eigenvalue weighted by Crippen LogP contribution is -2.15. The summed E-state index contributed by atoms with van der Waals surface area (Å²) in [6.45, 7) is 1.84. The van der Waals surface area contributed by atoms with Gasteiger partial charge in [-0.25, -0.2) is 23.5 Å². The molecule has 13 heteroatoms. The summed E-state index contributed by atoms with van der Waals surface area (Å²) in [6, 6.07) is 9.10. The Balaban J connectivity index is 1.93. The lowest BCUT2D eigenvalue weighted by atomic mass is 9.95. The molecule has 0 aliphatic heterocycles. The first-order chi connectivity index (χ1) is 14.8. The molecule has 31 heavy (non-hydrogen) atoms. The summed E-state index contributed by atoms with van der Waals surface area (Å²) in [5.41, 5.74) is 8.45. The van der Waals surface area contributed by atoms with Crippen LogP contribution in [0.15, 0.2) is 41.4 Å². The molecule has 156 valence electrons. The first-order valence-electron chi connectivity index (χ1n) is 8.85. The van der Waals surface area contributed by atoms with Gasteiger partial charge in [-0.2, -0.15) is 5.21 Å². The summed E-state index contributed by atoms with van der Waals surface area (Å²) in [4.78, 5) is 9.23. The number of anilines is 1. The quantitative estimate of drug-likeness (QED) is 0.360. The Morgan fingerprint density at radius 3 is 2.55 bits per heavy atom. The second-order valence-corrected chi connectivity index (χ2v) is 10.4. The lowest BCUT2D eigenvalue weighted by molar-refractivity contribution is 0.598. The second kappa shape index (κ2) is 7.16. The fourth-order valence-electron chi connectivity index (χ4n) is 3.46. The van der Waals surface area contributed by atoms with Crippen LogP contribution in [0.2, 0.25) is 0 Å². The number of aromatic nitrogens is 6. The molecule has 0 aliphatic carbocycles. The van der Waals surface area contributed by atoms with Crippen molar-refractivity contribution in [2.75, 3.05) is 5.73 Å². The van der Waals surface area contributed by atoms with Gasteiger partial charge in [-0.3, -0.25) is 0 Å². The molecule has 0 fully saturated rings. The molecule has 3 aromatic heterocycles. The smallest absolute Gasteiger partial charge is 0.239 e. The third-order valence-corrected chi connectivity index (χ3v) is 7.41. The van der Waals surface area contributed by atoms with E-state index in [4.69, 9.17) is 10.9 Å². The van der Waals surface area contributed by atoms with Gasteiger partial charge in [0.05, 0.1) is 25.7 Å². The number of thiazole rings is 2. The molecule has 0 aliphatic rings. The third-order valence-electron chi connectivity index (χ3n) is 4.62. The zero-order chi connectivity index (χ0) is 21.8. The van der Waals surface area contributed by atoms with Crippen LogP contribution in [0.4, 0.5) is 5.13 Å². The van der Waals surface area contributed by atoms with Gasteiger partial charge in [-0.05, 0) is 23.8 Å². The molecular weight excluding hydrogens is 456 g/mol. The molecule has 0 atom stereocenters. The van der Waals surface area contributed by atoms with Crippen LogP contribution >= 0.6 is 22.7 Å². The molecule has 3 heterocycles. The Hall–Kier alpha value is -3.26. The summed E-state index contributed by atoms with van der Waals surface area (Å²) < 4.78 is 26.6. The number of aryl methyl sites for hydroxylation is 1. The maximum absolute atomic E-state index is 12.8. The van der Waals surface area contributed by atoms with Crippen molar-refractivity contribution in [1.82, 2.24) is 30.6 Å². The Labute approximate surface area is 184 Å². The average molecular weight is 471 g/mol. The van der Waals surface area contributed by atoms with Crippen LogP contribution in [-0.2, 0) is 10.0 Å². The highest BCUT2D eigenvalue weighted by atomic mass is 32.2. The predicted molar refractivity (Wildman–Crippen MR) is 120 cm³/mol. The number of aromatic amines is 1. The highest BCUT2D eigenvalue weighted by Crippen LogP contribution is 2.44. The van der Waals surface area contributed by atoms with Gasteiger partial charge in [0, 0.05) is 17.3 Å². The van der Waals surface area contributed by atoms with E-state index < -0.39 is 10.0 Å². The molecule has 0 amide bonds. The summed E-state index contributed by atoms with van der Waals surface area (Å²) in [5.74, 6) is 0.0994. The van der Waals surface area contributed by atoms with E-state index in [1.807, 2.05) is 25.1 Å². The van der Waals surface area contributed by atoms with E-state index in [2.05, 4.69) is 30.6 Å². The van der Waals surface area contributed by atoms with Crippen LogP contribution in [0.5, 0.6) is 0 Å². The maximum atomic E-state index is 12.8. The van der Waals surface area contributed by atoms with Gasteiger partial charge in [-0.1, -0.05) is 35.6 Å². The van der Waals surface area contributed by atoms with Crippen molar-refractivity contribution in [2.45, 2.75) is 11.8 Å². The third kappa shape index (κ3) is 3.37. The first-order valence-corrected chi connectivity index (χ1v) is 12.0. The van der Waals surface area contributed by atoms with Gasteiger partial charge in [0.15, 0.2) is 5.13 Å². The molecule has 2 aromatic carbocycles. The van der Waals surface area contributed by atoms with E-state index in [1.165, 1.54) is 22.7 Å². The van der Waals surface area contributed by atoms with Crippen molar-refractivity contribution in [3.8, 4) is 33.0 Å². The minimum atomic E-state index is -4.19. The number of para-hydroxylation sites is 1. The van der Waals surface area contributed by atoms with E-state index >= 15 is 0 Å². The summed E-state index contributed by atoms with van der Waals surface area (Å²) >= 11 is 2.71. The number of fused-ring (bicyclic) bond motifs is 1. The van der Waals surface area contributed by atoms with Gasteiger partial charge >= 0.3 is 0 Å². The fraction of sp³-hybridized carbons (Fsp3) is 0.0556. The molecule has 0 unspecified atom stereocenters. The molecule has 0 saturated heterocycles. The number of nitrogens with zero attached hydrogens (tertiary/aromatic N) is 5. The number of hydrogen-bond acceptors (Lipinski definition) is 10. The van der Waals surface area contributed by atoms with Gasteiger partial charge in [0.25, 0.3) is 0 Å². The summed E-state index contributed by atoms with van der Waals surface area (Å²) in [5, 5.41) is 21.0. The normalized spacial score (nSPS) is 11.9. The Kier molecular flexibility index (Phi) is 4.55. The van der Waals surface area contributed by atoms with Crippen LogP contribution in [0.3, 0.4) is 0 Å². The molecule has 0 spiro atoms. The van der Waals surface area contributed by atoms with Crippen LogP contribution < -0.4 is 10.9 Å². The monoisotopic (exact) mass is 470 g/mol. The number of rotatable bonds is 4. The molecule has 0 saturated carbocycles. The van der Waals surface area contributed by atoms with Crippen molar-refractivity contribution in [3.63, 3.8) is 0 Å². The van der Waals surface area contributed by atoms with E-state index in [0.29, 0.717) is 32.2 Å². The number of nitrogens with one attached hydrogen (secondary N) is 1.